The van der Waals surface area contributed by atoms with Crippen LogP contribution >= 0.6 is 11.6 Å². The Kier molecular flexibility index (Phi) is 5.71. The molecule has 0 bridgehead atoms. The van der Waals surface area contributed by atoms with Crippen molar-refractivity contribution in [3.8, 4) is 11.8 Å². The van der Waals surface area contributed by atoms with Crippen LogP contribution in [0.5, 0.6) is 5.75 Å². The number of nitrogens with zero attached hydrogens (tertiary/aromatic N) is 1. The standard InChI is InChI=1S/C13H14ClN3O2/c1-3-16-8-9(7-15)13(18)17-11-6-10(14)4-5-12(11)19-2/h4-6,8,16H,3H2,1-2H3,(H,17,18)/b9-8-. The third-order valence-electron chi connectivity index (χ3n) is 2.23. The van der Waals surface area contributed by atoms with Crippen LogP contribution in [0.3, 0.4) is 0 Å². The van der Waals surface area contributed by atoms with Crippen LogP contribution in [0.2, 0.25) is 5.02 Å². The molecule has 1 rings (SSSR count). The summed E-state index contributed by atoms with van der Waals surface area (Å²) >= 11 is 5.86. The molecule has 0 saturated heterocycles. The summed E-state index contributed by atoms with van der Waals surface area (Å²) in [7, 11) is 1.48. The van der Waals surface area contributed by atoms with Gasteiger partial charge in [0.1, 0.15) is 17.4 Å². The largest absolute Gasteiger partial charge is 0.495 e. The number of nitriles is 1. The maximum atomic E-state index is 11.9. The monoisotopic (exact) mass is 279 g/mol. The molecule has 0 aliphatic carbocycles. The molecule has 5 nitrogen and oxygen atoms in total. The molecule has 19 heavy (non-hydrogen) atoms. The summed E-state index contributed by atoms with van der Waals surface area (Å²) in [5, 5.41) is 14.8. The van der Waals surface area contributed by atoms with Gasteiger partial charge in [-0.25, -0.2) is 0 Å². The Morgan fingerprint density at radius 2 is 2.32 bits per heavy atom. The first kappa shape index (κ1) is 14.9. The average molecular weight is 280 g/mol. The van der Waals surface area contributed by atoms with Crippen LogP contribution in [0.1, 0.15) is 6.92 Å². The van der Waals surface area contributed by atoms with Crippen molar-refractivity contribution in [3.63, 3.8) is 0 Å². The fourth-order valence-corrected chi connectivity index (χ4v) is 1.49. The second kappa shape index (κ2) is 7.29. The average Bonchev–Trinajstić information content (AvgIpc) is 2.40. The van der Waals surface area contributed by atoms with Crippen LogP contribution in [-0.2, 0) is 4.79 Å². The van der Waals surface area contributed by atoms with Crippen LogP contribution in [0.25, 0.3) is 0 Å². The lowest BCUT2D eigenvalue weighted by molar-refractivity contribution is -0.112. The number of rotatable bonds is 5. The Morgan fingerprint density at radius 1 is 1.58 bits per heavy atom. The summed E-state index contributed by atoms with van der Waals surface area (Å²) < 4.78 is 5.10. The number of methoxy groups -OCH3 is 1. The van der Waals surface area contributed by atoms with Crippen LogP contribution in [0.4, 0.5) is 5.69 Å². The molecule has 0 heterocycles. The van der Waals surface area contributed by atoms with Crippen LogP contribution in [0, 0.1) is 11.3 Å². The van der Waals surface area contributed by atoms with Gasteiger partial charge in [-0.3, -0.25) is 4.79 Å². The third-order valence-corrected chi connectivity index (χ3v) is 2.46. The van der Waals surface area contributed by atoms with Gasteiger partial charge in [0.25, 0.3) is 5.91 Å². The van der Waals surface area contributed by atoms with Crippen LogP contribution in [0.15, 0.2) is 30.0 Å². The van der Waals surface area contributed by atoms with Crippen molar-refractivity contribution in [2.45, 2.75) is 6.92 Å². The van der Waals surface area contributed by atoms with E-state index in [-0.39, 0.29) is 5.57 Å². The van der Waals surface area contributed by atoms with E-state index in [0.717, 1.165) is 0 Å². The SMILES string of the molecule is CCN/C=C(/C#N)C(=O)Nc1cc(Cl)ccc1OC. The minimum atomic E-state index is -0.524. The highest BCUT2D eigenvalue weighted by Crippen LogP contribution is 2.27. The molecule has 0 saturated carbocycles. The molecule has 0 aliphatic rings. The number of anilines is 1. The van der Waals surface area contributed by atoms with Gasteiger partial charge in [0, 0.05) is 17.8 Å². The van der Waals surface area contributed by atoms with Crippen molar-refractivity contribution in [2.24, 2.45) is 0 Å². The van der Waals surface area contributed by atoms with E-state index in [1.54, 1.807) is 18.2 Å². The molecule has 0 radical (unpaired) electrons. The second-order valence-corrected chi connectivity index (χ2v) is 3.96. The van der Waals surface area contributed by atoms with E-state index in [4.69, 9.17) is 21.6 Å². The number of hydrogen-bond acceptors (Lipinski definition) is 4. The van der Waals surface area contributed by atoms with Gasteiger partial charge >= 0.3 is 0 Å². The van der Waals surface area contributed by atoms with Crippen LogP contribution < -0.4 is 15.4 Å². The number of hydrogen-bond donors (Lipinski definition) is 2. The van der Waals surface area contributed by atoms with Crippen molar-refractivity contribution in [1.29, 1.82) is 5.26 Å². The van der Waals surface area contributed by atoms with Gasteiger partial charge < -0.3 is 15.4 Å². The van der Waals surface area contributed by atoms with E-state index in [1.807, 2.05) is 13.0 Å². The highest BCUT2D eigenvalue weighted by Gasteiger charge is 2.12. The zero-order valence-corrected chi connectivity index (χ0v) is 11.4. The van der Waals surface area contributed by atoms with Crippen molar-refractivity contribution in [3.05, 3.63) is 35.0 Å². The third kappa shape index (κ3) is 4.19. The topological polar surface area (TPSA) is 74.2 Å². The van der Waals surface area contributed by atoms with E-state index in [9.17, 15) is 4.79 Å². The van der Waals surface area contributed by atoms with Gasteiger partial charge in [-0.1, -0.05) is 11.6 Å². The summed E-state index contributed by atoms with van der Waals surface area (Å²) in [5.74, 6) is -0.0532. The number of nitrogens with one attached hydrogen (secondary N) is 2. The smallest absolute Gasteiger partial charge is 0.267 e. The Morgan fingerprint density at radius 3 is 2.89 bits per heavy atom. The highest BCUT2D eigenvalue weighted by atomic mass is 35.5. The number of benzene rings is 1. The van der Waals surface area contributed by atoms with Crippen molar-refractivity contribution < 1.29 is 9.53 Å². The number of carbonyl (C=O) groups is 1. The Balaban J connectivity index is 2.93. The fraction of sp³-hybridized carbons (Fsp3) is 0.231. The summed E-state index contributed by atoms with van der Waals surface area (Å²) in [4.78, 5) is 11.9. The number of halogens is 1. The predicted molar refractivity (Wildman–Crippen MR) is 74.0 cm³/mol. The van der Waals surface area contributed by atoms with Crippen molar-refractivity contribution >= 4 is 23.2 Å². The van der Waals surface area contributed by atoms with Gasteiger partial charge in [-0.15, -0.1) is 0 Å². The maximum Gasteiger partial charge on any atom is 0.267 e. The summed E-state index contributed by atoms with van der Waals surface area (Å²) in [6.45, 7) is 2.49. The molecule has 100 valence electrons. The lowest BCUT2D eigenvalue weighted by Crippen LogP contribution is -2.17. The molecule has 1 aromatic rings. The molecule has 0 aromatic heterocycles. The number of ether oxygens (including phenoxy) is 1. The molecule has 6 heteroatoms. The van der Waals surface area contributed by atoms with Gasteiger partial charge in [-0.2, -0.15) is 5.26 Å². The minimum absolute atomic E-state index is 0.0242. The predicted octanol–water partition coefficient (Wildman–Crippen LogP) is 2.30. The van der Waals surface area contributed by atoms with Crippen molar-refractivity contribution in [1.82, 2.24) is 5.32 Å². The molecular formula is C13H14ClN3O2. The van der Waals surface area contributed by atoms with E-state index < -0.39 is 5.91 Å². The van der Waals surface area contributed by atoms with Crippen LogP contribution in [-0.4, -0.2) is 19.6 Å². The lowest BCUT2D eigenvalue weighted by atomic mass is 10.2. The normalized spacial score (nSPS) is 10.5. The molecule has 0 aliphatic heterocycles. The van der Waals surface area contributed by atoms with E-state index in [2.05, 4.69) is 10.6 Å². The maximum absolute atomic E-state index is 11.9. The molecule has 1 amide bonds. The quantitative estimate of drug-likeness (QED) is 0.641. The highest BCUT2D eigenvalue weighted by molar-refractivity contribution is 6.31. The van der Waals surface area contributed by atoms with E-state index in [1.165, 1.54) is 13.3 Å². The Labute approximate surface area is 116 Å². The molecule has 2 N–H and O–H groups in total. The zero-order chi connectivity index (χ0) is 14.3. The second-order valence-electron chi connectivity index (χ2n) is 3.53. The molecule has 0 atom stereocenters. The molecule has 1 aromatic carbocycles. The summed E-state index contributed by atoms with van der Waals surface area (Å²) in [6.07, 6.45) is 1.37. The van der Waals surface area contributed by atoms with Gasteiger partial charge in [-0.05, 0) is 25.1 Å². The van der Waals surface area contributed by atoms with Gasteiger partial charge in [0.05, 0.1) is 12.8 Å². The number of amides is 1. The number of carbonyl (C=O) groups excluding carboxylic acids is 1. The summed E-state index contributed by atoms with van der Waals surface area (Å²) in [5.41, 5.74) is 0.390. The van der Waals surface area contributed by atoms with E-state index in [0.29, 0.717) is 23.0 Å². The van der Waals surface area contributed by atoms with Crippen molar-refractivity contribution in [2.75, 3.05) is 19.0 Å². The molecule has 0 unspecified atom stereocenters. The van der Waals surface area contributed by atoms with E-state index >= 15 is 0 Å². The first-order chi connectivity index (χ1) is 9.12. The molecule has 0 fully saturated rings. The molecular weight excluding hydrogens is 266 g/mol. The first-order valence-corrected chi connectivity index (χ1v) is 5.98. The molecule has 0 spiro atoms. The first-order valence-electron chi connectivity index (χ1n) is 5.61. The lowest BCUT2D eigenvalue weighted by Gasteiger charge is -2.10. The zero-order valence-electron chi connectivity index (χ0n) is 10.7. The fourth-order valence-electron chi connectivity index (χ4n) is 1.32. The summed E-state index contributed by atoms with van der Waals surface area (Å²) in [6, 6.07) is 6.66. The van der Waals surface area contributed by atoms with Gasteiger partial charge in [0.2, 0.25) is 0 Å². The Bertz CT molecular complexity index is 535. The van der Waals surface area contributed by atoms with Gasteiger partial charge in [0.15, 0.2) is 0 Å². The Hall–Kier alpha value is -2.19. The minimum Gasteiger partial charge on any atom is -0.495 e.